The molecule has 0 aromatic carbocycles. The van der Waals surface area contributed by atoms with E-state index < -0.39 is 0 Å². The first-order valence-electron chi connectivity index (χ1n) is 10.1. The van der Waals surface area contributed by atoms with Gasteiger partial charge >= 0.3 is 0 Å². The Kier molecular flexibility index (Phi) is 3.93. The van der Waals surface area contributed by atoms with Crippen LogP contribution >= 0.6 is 0 Å². The molecule has 0 radical (unpaired) electrons. The van der Waals surface area contributed by atoms with Gasteiger partial charge in [-0.1, -0.05) is 13.8 Å². The fourth-order valence-corrected chi connectivity index (χ4v) is 7.95. The number of aliphatic hydroxyl groups is 2. The van der Waals surface area contributed by atoms with Gasteiger partial charge in [-0.3, -0.25) is 4.79 Å². The van der Waals surface area contributed by atoms with Crippen LogP contribution in [0.1, 0.15) is 72.1 Å². The van der Waals surface area contributed by atoms with Crippen LogP contribution in [0, 0.1) is 40.4 Å². The molecule has 3 heteroatoms. The fourth-order valence-electron chi connectivity index (χ4n) is 7.95. The van der Waals surface area contributed by atoms with Crippen molar-refractivity contribution < 1.29 is 15.0 Å². The van der Waals surface area contributed by atoms with Crippen molar-refractivity contribution in [3.05, 3.63) is 0 Å². The summed E-state index contributed by atoms with van der Waals surface area (Å²) in [5.74, 6) is 2.71. The Morgan fingerprint density at radius 3 is 2.25 bits per heavy atom. The van der Waals surface area contributed by atoms with Gasteiger partial charge in [0.15, 0.2) is 0 Å². The molecule has 0 saturated heterocycles. The number of ketones is 1. The minimum absolute atomic E-state index is 0.157. The highest BCUT2D eigenvalue weighted by atomic mass is 16.3. The Balaban J connectivity index is 1.65. The summed E-state index contributed by atoms with van der Waals surface area (Å²) in [7, 11) is 0. The van der Waals surface area contributed by atoms with Gasteiger partial charge in [0.1, 0.15) is 5.78 Å². The van der Waals surface area contributed by atoms with Crippen molar-refractivity contribution in [3.8, 4) is 0 Å². The molecule has 4 aliphatic rings. The highest BCUT2D eigenvalue weighted by Crippen LogP contribution is 2.67. The number of Topliss-reactive ketones (excluding diaryl/α,β-unsaturated/α-hetero) is 1. The third kappa shape index (κ3) is 2.19. The van der Waals surface area contributed by atoms with Gasteiger partial charge in [-0.25, -0.2) is 0 Å². The van der Waals surface area contributed by atoms with E-state index >= 15 is 0 Å². The molecule has 9 atom stereocenters. The highest BCUT2D eigenvalue weighted by molar-refractivity contribution is 5.79. The summed E-state index contributed by atoms with van der Waals surface area (Å²) in [6.07, 6.45) is 7.70. The van der Waals surface area contributed by atoms with Gasteiger partial charge in [0.25, 0.3) is 0 Å². The van der Waals surface area contributed by atoms with Crippen LogP contribution < -0.4 is 0 Å². The predicted molar refractivity (Wildman–Crippen MR) is 93.3 cm³/mol. The minimum Gasteiger partial charge on any atom is -0.393 e. The Hall–Kier alpha value is -0.410. The molecule has 0 bridgehead atoms. The van der Waals surface area contributed by atoms with Gasteiger partial charge in [0.05, 0.1) is 12.2 Å². The lowest BCUT2D eigenvalue weighted by molar-refractivity contribution is -0.171. The molecule has 3 nitrogen and oxygen atoms in total. The van der Waals surface area contributed by atoms with E-state index in [9.17, 15) is 15.0 Å². The van der Waals surface area contributed by atoms with E-state index in [2.05, 4.69) is 13.8 Å². The standard InChI is InChI=1S/C21H34O3/c1-12(22)15-4-5-16-14-11-19(24)18-10-13(23)6-8-21(18,3)17(14)7-9-20(15,16)2/h13-19,23-24H,4-11H2,1-3H3/t13-,14+,15+,16-,17-,18-,19+,20-,21-/m1/s1. The molecule has 0 spiro atoms. The summed E-state index contributed by atoms with van der Waals surface area (Å²) in [5.41, 5.74) is 0.335. The van der Waals surface area contributed by atoms with Crippen molar-refractivity contribution in [2.45, 2.75) is 84.3 Å². The number of hydrogen-bond donors (Lipinski definition) is 2. The Bertz CT molecular complexity index is 531. The average Bonchev–Trinajstić information content (AvgIpc) is 2.87. The van der Waals surface area contributed by atoms with Crippen LogP contribution in [0.4, 0.5) is 0 Å². The van der Waals surface area contributed by atoms with E-state index in [0.717, 1.165) is 38.5 Å². The minimum atomic E-state index is -0.273. The molecule has 0 aromatic heterocycles. The smallest absolute Gasteiger partial charge is 0.133 e. The maximum absolute atomic E-state index is 12.2. The molecule has 0 amide bonds. The van der Waals surface area contributed by atoms with Crippen molar-refractivity contribution in [3.63, 3.8) is 0 Å². The monoisotopic (exact) mass is 334 g/mol. The number of carbonyl (C=O) groups is 1. The molecule has 24 heavy (non-hydrogen) atoms. The van der Waals surface area contributed by atoms with E-state index in [1.807, 2.05) is 0 Å². The predicted octanol–water partition coefficient (Wildman–Crippen LogP) is 3.57. The Morgan fingerprint density at radius 2 is 1.54 bits per heavy atom. The first-order chi connectivity index (χ1) is 11.3. The van der Waals surface area contributed by atoms with Crippen LogP contribution in [0.3, 0.4) is 0 Å². The summed E-state index contributed by atoms with van der Waals surface area (Å²) in [4.78, 5) is 12.2. The Morgan fingerprint density at radius 1 is 0.875 bits per heavy atom. The van der Waals surface area contributed by atoms with E-state index in [0.29, 0.717) is 23.5 Å². The van der Waals surface area contributed by atoms with Gasteiger partial charge in [-0.05, 0) is 92.8 Å². The second-order valence-corrected chi connectivity index (χ2v) is 10.0. The first-order valence-corrected chi connectivity index (χ1v) is 10.1. The molecular weight excluding hydrogens is 300 g/mol. The summed E-state index contributed by atoms with van der Waals surface area (Å²) < 4.78 is 0. The molecule has 4 saturated carbocycles. The summed E-state index contributed by atoms with van der Waals surface area (Å²) in [5, 5.41) is 21.0. The topological polar surface area (TPSA) is 57.5 Å². The maximum Gasteiger partial charge on any atom is 0.133 e. The van der Waals surface area contributed by atoms with Crippen molar-refractivity contribution in [2.24, 2.45) is 40.4 Å². The van der Waals surface area contributed by atoms with Gasteiger partial charge in [0.2, 0.25) is 0 Å². The van der Waals surface area contributed by atoms with E-state index in [1.165, 1.54) is 12.8 Å². The van der Waals surface area contributed by atoms with Crippen molar-refractivity contribution in [2.75, 3.05) is 0 Å². The zero-order valence-electron chi connectivity index (χ0n) is 15.5. The van der Waals surface area contributed by atoms with Crippen LogP contribution in [0.5, 0.6) is 0 Å². The SMILES string of the molecule is CC(=O)[C@@H]1CC[C@@H]2[C@@H]3C[C@H](O)[C@H]4C[C@H](O)CC[C@]4(C)[C@@H]3CC[C@@]21C. The maximum atomic E-state index is 12.2. The van der Waals surface area contributed by atoms with Crippen LogP contribution in [0.2, 0.25) is 0 Å². The number of carbonyl (C=O) groups excluding carboxylic acids is 1. The summed E-state index contributed by atoms with van der Waals surface area (Å²) in [6, 6.07) is 0. The van der Waals surface area contributed by atoms with E-state index in [1.54, 1.807) is 6.92 Å². The van der Waals surface area contributed by atoms with Crippen LogP contribution in [-0.2, 0) is 4.79 Å². The lowest BCUT2D eigenvalue weighted by Crippen LogP contribution is -2.58. The van der Waals surface area contributed by atoms with E-state index in [-0.39, 0.29) is 34.9 Å². The van der Waals surface area contributed by atoms with Crippen LogP contribution in [-0.4, -0.2) is 28.2 Å². The zero-order chi connectivity index (χ0) is 17.3. The fraction of sp³-hybridized carbons (Fsp3) is 0.952. The molecule has 0 heterocycles. The molecule has 4 aliphatic carbocycles. The van der Waals surface area contributed by atoms with Crippen molar-refractivity contribution >= 4 is 5.78 Å². The second-order valence-electron chi connectivity index (χ2n) is 10.0. The lowest BCUT2D eigenvalue weighted by Gasteiger charge is -2.62. The Labute approximate surface area is 146 Å². The number of rotatable bonds is 1. The summed E-state index contributed by atoms with van der Waals surface area (Å²) >= 11 is 0. The molecule has 136 valence electrons. The van der Waals surface area contributed by atoms with Gasteiger partial charge in [-0.15, -0.1) is 0 Å². The molecule has 4 fully saturated rings. The highest BCUT2D eigenvalue weighted by Gasteiger charge is 2.62. The van der Waals surface area contributed by atoms with Crippen molar-refractivity contribution in [1.82, 2.24) is 0 Å². The zero-order valence-corrected chi connectivity index (χ0v) is 15.5. The molecule has 0 aliphatic heterocycles. The van der Waals surface area contributed by atoms with Crippen molar-refractivity contribution in [1.29, 1.82) is 0 Å². The normalized spacial score (nSPS) is 57.0. The third-order valence-electron chi connectivity index (χ3n) is 9.14. The van der Waals surface area contributed by atoms with Crippen LogP contribution in [0.15, 0.2) is 0 Å². The number of aliphatic hydroxyl groups excluding tert-OH is 2. The largest absolute Gasteiger partial charge is 0.393 e. The van der Waals surface area contributed by atoms with Gasteiger partial charge < -0.3 is 10.2 Å². The molecule has 0 aromatic rings. The molecule has 2 N–H and O–H groups in total. The quantitative estimate of drug-likeness (QED) is 0.771. The van der Waals surface area contributed by atoms with Crippen LogP contribution in [0.25, 0.3) is 0 Å². The first kappa shape index (κ1) is 17.0. The lowest BCUT2D eigenvalue weighted by atomic mass is 9.44. The second kappa shape index (κ2) is 5.54. The molecular formula is C21H34O3. The number of fused-ring (bicyclic) bond motifs is 5. The summed E-state index contributed by atoms with van der Waals surface area (Å²) in [6.45, 7) is 6.53. The third-order valence-corrected chi connectivity index (χ3v) is 9.14. The van der Waals surface area contributed by atoms with Gasteiger partial charge in [-0.2, -0.15) is 0 Å². The number of hydrogen-bond acceptors (Lipinski definition) is 3. The molecule has 0 unspecified atom stereocenters. The molecule has 4 rings (SSSR count). The van der Waals surface area contributed by atoms with E-state index in [4.69, 9.17) is 0 Å². The average molecular weight is 335 g/mol. The van der Waals surface area contributed by atoms with Gasteiger partial charge in [0, 0.05) is 5.92 Å².